The summed E-state index contributed by atoms with van der Waals surface area (Å²) in [6, 6.07) is 8.22. The van der Waals surface area contributed by atoms with Crippen molar-refractivity contribution in [3.8, 4) is 0 Å². The van der Waals surface area contributed by atoms with E-state index in [1.54, 1.807) is 0 Å². The van der Waals surface area contributed by atoms with Crippen LogP contribution in [0.3, 0.4) is 0 Å². The summed E-state index contributed by atoms with van der Waals surface area (Å²) in [6.07, 6.45) is 4.12. The second kappa shape index (κ2) is 8.18. The summed E-state index contributed by atoms with van der Waals surface area (Å²) in [6.45, 7) is 5.96. The fraction of sp³-hybridized carbons (Fsp3) is 0.611. The third-order valence-corrected chi connectivity index (χ3v) is 4.53. The molecule has 122 valence electrons. The lowest BCUT2D eigenvalue weighted by molar-refractivity contribution is 0.0621. The van der Waals surface area contributed by atoms with Gasteiger partial charge in [-0.2, -0.15) is 0 Å². The van der Waals surface area contributed by atoms with E-state index in [4.69, 9.17) is 0 Å². The monoisotopic (exact) mass is 304 g/mol. The summed E-state index contributed by atoms with van der Waals surface area (Å²) < 4.78 is 0. The average Bonchev–Trinajstić information content (AvgIpc) is 2.59. The van der Waals surface area contributed by atoms with E-state index in [0.29, 0.717) is 12.6 Å². The summed E-state index contributed by atoms with van der Waals surface area (Å²) in [5.74, 6) is 0.301. The summed E-state index contributed by atoms with van der Waals surface area (Å²) >= 11 is 0. The van der Waals surface area contributed by atoms with Gasteiger partial charge in [0.1, 0.15) is 0 Å². The number of anilines is 1. The van der Waals surface area contributed by atoms with Crippen LogP contribution >= 0.6 is 0 Å². The highest BCUT2D eigenvalue weighted by Crippen LogP contribution is 2.20. The quantitative estimate of drug-likeness (QED) is 0.849. The molecule has 1 heterocycles. The van der Waals surface area contributed by atoms with Gasteiger partial charge in [0.25, 0.3) is 5.91 Å². The lowest BCUT2D eigenvalue weighted by atomic mass is 9.98. The molecule has 1 atom stereocenters. The molecule has 1 aromatic rings. The minimum Gasteiger partial charge on any atom is -0.396 e. The van der Waals surface area contributed by atoms with Crippen molar-refractivity contribution < 1.29 is 9.90 Å². The molecule has 4 nitrogen and oxygen atoms in total. The largest absolute Gasteiger partial charge is 0.396 e. The molecule has 1 saturated heterocycles. The van der Waals surface area contributed by atoms with Crippen LogP contribution in [0.5, 0.6) is 0 Å². The first-order valence-corrected chi connectivity index (χ1v) is 8.44. The van der Waals surface area contributed by atoms with E-state index in [2.05, 4.69) is 19.2 Å². The van der Waals surface area contributed by atoms with Crippen LogP contribution in [-0.4, -0.2) is 41.7 Å². The zero-order valence-electron chi connectivity index (χ0n) is 13.7. The van der Waals surface area contributed by atoms with Gasteiger partial charge in [0.15, 0.2) is 0 Å². The number of hydrogen-bond donors (Lipinski definition) is 2. The Bertz CT molecular complexity index is 486. The van der Waals surface area contributed by atoms with Gasteiger partial charge in [0.2, 0.25) is 0 Å². The highest BCUT2D eigenvalue weighted by atomic mass is 16.3. The number of nitrogens with one attached hydrogen (secondary N) is 1. The average molecular weight is 304 g/mol. The molecule has 0 bridgehead atoms. The smallest absolute Gasteiger partial charge is 0.253 e. The van der Waals surface area contributed by atoms with Crippen LogP contribution in [0.15, 0.2) is 24.3 Å². The molecule has 1 unspecified atom stereocenters. The first kappa shape index (κ1) is 16.8. The second-order valence-corrected chi connectivity index (χ2v) is 6.18. The molecule has 22 heavy (non-hydrogen) atoms. The molecule has 1 aliphatic rings. The molecular formula is C18H28N2O2. The summed E-state index contributed by atoms with van der Waals surface area (Å²) in [5, 5.41) is 12.8. The van der Waals surface area contributed by atoms with Gasteiger partial charge in [-0.3, -0.25) is 4.79 Å². The Morgan fingerprint density at radius 2 is 2.18 bits per heavy atom. The van der Waals surface area contributed by atoms with Crippen molar-refractivity contribution in [2.45, 2.75) is 45.6 Å². The van der Waals surface area contributed by atoms with Gasteiger partial charge in [-0.25, -0.2) is 0 Å². The minimum absolute atomic E-state index is 0.0753. The van der Waals surface area contributed by atoms with Gasteiger partial charge in [-0.05, 0) is 49.8 Å². The molecule has 0 saturated carbocycles. The number of likely N-dealkylation sites (tertiary alicyclic amines) is 1. The highest BCUT2D eigenvalue weighted by Gasteiger charge is 2.24. The number of amides is 1. The van der Waals surface area contributed by atoms with Crippen LogP contribution in [0.2, 0.25) is 0 Å². The number of hydrogen-bond acceptors (Lipinski definition) is 3. The lowest BCUT2D eigenvalue weighted by Gasteiger charge is -2.32. The second-order valence-electron chi connectivity index (χ2n) is 6.18. The SMILES string of the molecule is CCC(CC)Nc1cccc(C(=O)N2CCCC(CO)C2)c1. The molecular weight excluding hydrogens is 276 g/mol. The number of rotatable bonds is 6. The highest BCUT2D eigenvalue weighted by molar-refractivity contribution is 5.95. The predicted octanol–water partition coefficient (Wildman–Crippen LogP) is 3.13. The van der Waals surface area contributed by atoms with Crippen molar-refractivity contribution in [3.63, 3.8) is 0 Å². The number of benzene rings is 1. The third kappa shape index (κ3) is 4.23. The van der Waals surface area contributed by atoms with E-state index >= 15 is 0 Å². The maximum absolute atomic E-state index is 12.7. The Morgan fingerprint density at radius 1 is 1.41 bits per heavy atom. The van der Waals surface area contributed by atoms with Crippen molar-refractivity contribution in [1.29, 1.82) is 0 Å². The van der Waals surface area contributed by atoms with E-state index in [-0.39, 0.29) is 18.4 Å². The zero-order chi connectivity index (χ0) is 15.9. The number of aliphatic hydroxyl groups is 1. The number of carbonyl (C=O) groups is 1. The fourth-order valence-electron chi connectivity index (χ4n) is 3.05. The number of carbonyl (C=O) groups excluding carboxylic acids is 1. The van der Waals surface area contributed by atoms with Crippen molar-refractivity contribution in [2.75, 3.05) is 25.0 Å². The Morgan fingerprint density at radius 3 is 2.86 bits per heavy atom. The molecule has 2 N–H and O–H groups in total. The minimum atomic E-state index is 0.0753. The molecule has 0 radical (unpaired) electrons. The number of aliphatic hydroxyl groups excluding tert-OH is 1. The molecule has 2 rings (SSSR count). The van der Waals surface area contributed by atoms with Crippen LogP contribution in [0.25, 0.3) is 0 Å². The molecule has 0 aromatic heterocycles. The van der Waals surface area contributed by atoms with Crippen LogP contribution < -0.4 is 5.32 Å². The zero-order valence-corrected chi connectivity index (χ0v) is 13.7. The predicted molar refractivity (Wildman–Crippen MR) is 90.1 cm³/mol. The van der Waals surface area contributed by atoms with Gasteiger partial charge < -0.3 is 15.3 Å². The standard InChI is InChI=1S/C18H28N2O2/c1-3-16(4-2)19-17-9-5-8-15(11-17)18(22)20-10-6-7-14(12-20)13-21/h5,8-9,11,14,16,19,21H,3-4,6-7,10,12-13H2,1-2H3. The summed E-state index contributed by atoms with van der Waals surface area (Å²) in [7, 11) is 0. The number of nitrogens with zero attached hydrogens (tertiary/aromatic N) is 1. The molecule has 0 aliphatic carbocycles. The van der Waals surface area contributed by atoms with Crippen molar-refractivity contribution in [2.24, 2.45) is 5.92 Å². The van der Waals surface area contributed by atoms with Gasteiger partial charge in [0, 0.05) is 37.0 Å². The van der Waals surface area contributed by atoms with Gasteiger partial charge >= 0.3 is 0 Å². The molecule has 1 aromatic carbocycles. The van der Waals surface area contributed by atoms with Crippen molar-refractivity contribution in [1.82, 2.24) is 4.90 Å². The maximum atomic E-state index is 12.7. The van der Waals surface area contributed by atoms with E-state index in [1.165, 1.54) is 0 Å². The number of piperidine rings is 1. The van der Waals surface area contributed by atoms with Gasteiger partial charge in [0.05, 0.1) is 0 Å². The first-order valence-electron chi connectivity index (χ1n) is 8.44. The first-order chi connectivity index (χ1) is 10.7. The Hall–Kier alpha value is -1.55. The van der Waals surface area contributed by atoms with E-state index < -0.39 is 0 Å². The maximum Gasteiger partial charge on any atom is 0.253 e. The van der Waals surface area contributed by atoms with E-state index in [0.717, 1.165) is 43.5 Å². The third-order valence-electron chi connectivity index (χ3n) is 4.53. The van der Waals surface area contributed by atoms with Gasteiger partial charge in [-0.15, -0.1) is 0 Å². The normalized spacial score (nSPS) is 18.5. The molecule has 1 aliphatic heterocycles. The lowest BCUT2D eigenvalue weighted by Crippen LogP contribution is -2.40. The van der Waals surface area contributed by atoms with Gasteiger partial charge in [-0.1, -0.05) is 19.9 Å². The fourth-order valence-corrected chi connectivity index (χ4v) is 3.05. The van der Waals surface area contributed by atoms with Crippen LogP contribution in [0.1, 0.15) is 49.9 Å². The Balaban J connectivity index is 2.06. The Labute approximate surface area is 133 Å². The van der Waals surface area contributed by atoms with E-state index in [1.807, 2.05) is 29.2 Å². The van der Waals surface area contributed by atoms with Crippen LogP contribution in [0, 0.1) is 5.92 Å². The molecule has 1 fully saturated rings. The molecule has 0 spiro atoms. The topological polar surface area (TPSA) is 52.6 Å². The van der Waals surface area contributed by atoms with Crippen molar-refractivity contribution >= 4 is 11.6 Å². The molecule has 1 amide bonds. The van der Waals surface area contributed by atoms with E-state index in [9.17, 15) is 9.90 Å². The Kier molecular flexibility index (Phi) is 6.25. The molecule has 4 heteroatoms. The van der Waals surface area contributed by atoms with Crippen LogP contribution in [-0.2, 0) is 0 Å². The van der Waals surface area contributed by atoms with Crippen molar-refractivity contribution in [3.05, 3.63) is 29.8 Å². The summed E-state index contributed by atoms with van der Waals surface area (Å²) in [4.78, 5) is 14.5. The van der Waals surface area contributed by atoms with Crippen LogP contribution in [0.4, 0.5) is 5.69 Å². The summed E-state index contributed by atoms with van der Waals surface area (Å²) in [5.41, 5.74) is 1.74.